The summed E-state index contributed by atoms with van der Waals surface area (Å²) in [6.07, 6.45) is -16.2. The molecule has 3 aromatic rings. The number of fused-ring (bicyclic) bond motifs is 1. The lowest BCUT2D eigenvalue weighted by Crippen LogP contribution is -2.23. The zero-order valence-corrected chi connectivity index (χ0v) is 14.8. The summed E-state index contributed by atoms with van der Waals surface area (Å²) in [5.41, 5.74) is -2.49. The molecule has 1 aliphatic carbocycles. The third kappa shape index (κ3) is 3.22. The van der Waals surface area contributed by atoms with Gasteiger partial charge in [0.25, 0.3) is 10.0 Å². The molecular formula is C19H20N4O4S. The number of benzene rings is 1. The van der Waals surface area contributed by atoms with E-state index in [2.05, 4.69) is 4.98 Å². The fraction of sp³-hybridized carbons (Fsp3) is 0.316. The summed E-state index contributed by atoms with van der Waals surface area (Å²) in [5.74, 6) is 0. The first-order chi connectivity index (χ1) is 17.7. The largest absolute Gasteiger partial charge is 0.376 e. The van der Waals surface area contributed by atoms with E-state index in [1.807, 2.05) is 0 Å². The van der Waals surface area contributed by atoms with Gasteiger partial charge in [-0.3, -0.25) is 10.1 Å². The van der Waals surface area contributed by atoms with Gasteiger partial charge >= 0.3 is 5.69 Å². The number of hydrogen-bond acceptors (Lipinski definition) is 6. The van der Waals surface area contributed by atoms with Crippen LogP contribution in [0.25, 0.3) is 11.0 Å². The molecule has 146 valence electrons. The number of hydrogen-bond donors (Lipinski definition) is 1. The summed E-state index contributed by atoms with van der Waals surface area (Å²) in [6.45, 7) is 0. The van der Waals surface area contributed by atoms with E-state index in [-0.39, 0.29) is 10.2 Å². The molecule has 2 aromatic heterocycles. The third-order valence-corrected chi connectivity index (χ3v) is 5.58. The number of anilines is 1. The van der Waals surface area contributed by atoms with Crippen molar-refractivity contribution in [2.24, 2.45) is 0 Å². The molecule has 4 rings (SSSR count). The SMILES string of the molecule is [2H]C1C([2H])([2H])C([2H])([2H])C([2H])([2H])C([2H])([2H])C1([2H])N([2H])c1c([N+](=O)[O-])cnc2c1ccn2S(=O)(=O)c1ccccc1. The molecular weight excluding hydrogens is 380 g/mol. The zero-order chi connectivity index (χ0) is 29.6. The summed E-state index contributed by atoms with van der Waals surface area (Å²) >= 11 is 0. The molecule has 2 unspecified atom stereocenters. The molecule has 0 aliphatic heterocycles. The highest BCUT2D eigenvalue weighted by Crippen LogP contribution is 2.35. The van der Waals surface area contributed by atoms with Gasteiger partial charge in [0.2, 0.25) is 0 Å². The predicted molar refractivity (Wildman–Crippen MR) is 106 cm³/mol. The lowest BCUT2D eigenvalue weighted by molar-refractivity contribution is -0.384. The van der Waals surface area contributed by atoms with Gasteiger partial charge in [0.15, 0.2) is 7.06 Å². The standard InChI is InChI=1S/C19H20N4O4S/c24-23(25)17-13-20-19-16(18(17)21-14-7-3-1-4-8-14)11-12-22(19)28(26,27)15-9-5-2-6-10-15/h2,5-6,9-14H,1,3-4,7-8H2,(H,20,21)/i1D2,3D2,4D2,7D,8D2,14D/hD. The molecule has 0 radical (unpaired) electrons. The monoisotopic (exact) mass is 411 g/mol. The molecule has 1 N–H and O–H groups in total. The van der Waals surface area contributed by atoms with E-state index >= 15 is 0 Å². The van der Waals surface area contributed by atoms with Gasteiger partial charge in [0.05, 0.1) is 16.6 Å². The maximum Gasteiger partial charge on any atom is 0.311 e. The predicted octanol–water partition coefficient (Wildman–Crippen LogP) is 3.93. The Morgan fingerprint density at radius 1 is 1.29 bits per heavy atom. The minimum absolute atomic E-state index is 0.192. The quantitative estimate of drug-likeness (QED) is 0.503. The fourth-order valence-corrected chi connectivity index (χ4v) is 3.96. The van der Waals surface area contributed by atoms with Crippen LogP contribution >= 0.6 is 0 Å². The van der Waals surface area contributed by atoms with Gasteiger partial charge < -0.3 is 5.31 Å². The van der Waals surface area contributed by atoms with Gasteiger partial charge in [-0.25, -0.2) is 17.4 Å². The molecule has 1 aromatic carbocycles. The highest BCUT2D eigenvalue weighted by Gasteiger charge is 2.26. The first kappa shape index (κ1) is 9.51. The van der Waals surface area contributed by atoms with Crippen molar-refractivity contribution in [3.63, 3.8) is 0 Å². The van der Waals surface area contributed by atoms with Gasteiger partial charge in [0.1, 0.15) is 11.9 Å². The van der Waals surface area contributed by atoms with Crippen molar-refractivity contribution in [2.75, 3.05) is 5.31 Å². The number of nitro groups is 1. The number of pyridine rings is 1. The zero-order valence-electron chi connectivity index (χ0n) is 25.0. The molecule has 8 nitrogen and oxygen atoms in total. The Morgan fingerprint density at radius 2 is 2.07 bits per heavy atom. The van der Waals surface area contributed by atoms with Gasteiger partial charge in [-0.05, 0) is 31.0 Å². The second-order valence-electron chi connectivity index (χ2n) is 5.58. The molecule has 2 heterocycles. The van der Waals surface area contributed by atoms with Crippen LogP contribution in [0.1, 0.15) is 45.6 Å². The maximum absolute atomic E-state index is 13.2. The van der Waals surface area contributed by atoms with Crippen molar-refractivity contribution in [1.29, 1.82) is 0 Å². The van der Waals surface area contributed by atoms with E-state index < -0.39 is 75.3 Å². The molecule has 2 atom stereocenters. The number of rotatable bonds is 5. The van der Waals surface area contributed by atoms with Gasteiger partial charge in [0, 0.05) is 24.6 Å². The minimum atomic E-state index is -4.35. The molecule has 0 bridgehead atoms. The number of nitrogens with zero attached hydrogens (tertiary/aromatic N) is 3. The van der Waals surface area contributed by atoms with Gasteiger partial charge in [-0.2, -0.15) is 0 Å². The summed E-state index contributed by atoms with van der Waals surface area (Å²) in [6, 6.07) is 4.33. The van der Waals surface area contributed by atoms with Crippen molar-refractivity contribution < 1.29 is 28.5 Å². The molecule has 28 heavy (non-hydrogen) atoms. The Bertz CT molecular complexity index is 1580. The van der Waals surface area contributed by atoms with Crippen LogP contribution in [0.15, 0.2) is 53.7 Å². The molecule has 0 amide bonds. The van der Waals surface area contributed by atoms with E-state index in [1.54, 1.807) is 6.07 Å². The molecule has 1 saturated carbocycles. The Hall–Kier alpha value is -2.94. The first-order valence-electron chi connectivity index (χ1n) is 13.4. The lowest BCUT2D eigenvalue weighted by atomic mass is 9.95. The highest BCUT2D eigenvalue weighted by molar-refractivity contribution is 7.90. The fourth-order valence-electron chi connectivity index (χ4n) is 2.64. The Balaban J connectivity index is 2.04. The topological polar surface area (TPSA) is 107 Å². The van der Waals surface area contributed by atoms with Gasteiger partial charge in [-0.15, -0.1) is 0 Å². The summed E-state index contributed by atoms with van der Waals surface area (Å²) < 4.78 is 118. The highest BCUT2D eigenvalue weighted by atomic mass is 32.2. The summed E-state index contributed by atoms with van der Waals surface area (Å²) in [4.78, 5) is 14.5. The Labute approximate surface area is 177 Å². The summed E-state index contributed by atoms with van der Waals surface area (Å²) in [7, 11) is -4.35. The molecule has 9 heteroatoms. The van der Waals surface area contributed by atoms with Crippen molar-refractivity contribution in [3.05, 3.63) is 58.9 Å². The second-order valence-corrected chi connectivity index (χ2v) is 7.39. The van der Waals surface area contributed by atoms with Crippen LogP contribution in [0.3, 0.4) is 0 Å². The Kier molecular flexibility index (Phi) is 2.46. The van der Waals surface area contributed by atoms with Crippen LogP contribution in [0.5, 0.6) is 0 Å². The van der Waals surface area contributed by atoms with Crippen LogP contribution in [-0.4, -0.2) is 28.3 Å². The number of nitrogens with one attached hydrogen (secondary N) is 1. The maximum atomic E-state index is 13.2. The van der Waals surface area contributed by atoms with E-state index in [0.717, 1.165) is 12.3 Å². The normalized spacial score (nSPS) is 35.7. The van der Waals surface area contributed by atoms with Crippen molar-refractivity contribution >= 4 is 32.4 Å². The summed E-state index contributed by atoms with van der Waals surface area (Å²) in [5, 5.41) is 11.2. The van der Waals surface area contributed by atoms with Crippen molar-refractivity contribution in [2.45, 2.75) is 42.8 Å². The first-order valence-corrected chi connectivity index (χ1v) is 9.31. The van der Waals surface area contributed by atoms with Crippen LogP contribution in [0.2, 0.25) is 1.41 Å². The van der Waals surface area contributed by atoms with E-state index in [0.29, 0.717) is 10.2 Å². The molecule has 1 fully saturated rings. The molecule has 0 spiro atoms. The molecule has 1 aliphatic rings. The van der Waals surface area contributed by atoms with Crippen molar-refractivity contribution in [1.82, 2.24) is 8.96 Å². The smallest absolute Gasteiger partial charge is 0.311 e. The van der Waals surface area contributed by atoms with E-state index in [1.165, 1.54) is 24.3 Å². The second kappa shape index (κ2) is 7.23. The number of aromatic nitrogens is 2. The minimum Gasteiger partial charge on any atom is -0.376 e. The van der Waals surface area contributed by atoms with Crippen LogP contribution in [0, 0.1) is 10.1 Å². The van der Waals surface area contributed by atoms with Crippen molar-refractivity contribution in [3.8, 4) is 0 Å². The van der Waals surface area contributed by atoms with Crippen LogP contribution < -0.4 is 5.31 Å². The lowest BCUT2D eigenvalue weighted by Gasteiger charge is -2.24. The third-order valence-electron chi connectivity index (χ3n) is 3.90. The van der Waals surface area contributed by atoms with E-state index in [9.17, 15) is 18.5 Å². The average molecular weight is 412 g/mol. The van der Waals surface area contributed by atoms with Gasteiger partial charge in [-0.1, -0.05) is 37.3 Å². The average Bonchev–Trinajstić information content (AvgIpc) is 3.31. The Morgan fingerprint density at radius 3 is 2.82 bits per heavy atom. The van der Waals surface area contributed by atoms with E-state index in [4.69, 9.17) is 15.1 Å². The van der Waals surface area contributed by atoms with Crippen LogP contribution in [-0.2, 0) is 10.0 Å². The molecule has 0 saturated heterocycles. The van der Waals surface area contributed by atoms with Crippen LogP contribution in [0.4, 0.5) is 11.4 Å².